The molecule has 6 heteroatoms. The molecule has 0 spiro atoms. The first-order chi connectivity index (χ1) is 9.38. The monoisotopic (exact) mass is 311 g/mol. The molecular weight excluding hydrogens is 301 g/mol. The Labute approximate surface area is 125 Å². The second kappa shape index (κ2) is 5.69. The Morgan fingerprint density at radius 1 is 1.20 bits per heavy atom. The van der Waals surface area contributed by atoms with Crippen LogP contribution >= 0.6 is 23.2 Å². The summed E-state index contributed by atoms with van der Waals surface area (Å²) in [5.74, 6) is -0.368. The molecule has 0 radical (unpaired) electrons. The minimum absolute atomic E-state index is 0.0547. The van der Waals surface area contributed by atoms with Crippen LogP contribution in [0, 0.1) is 13.8 Å². The first-order valence-electron chi connectivity index (χ1n) is 5.72. The third-order valence-electron chi connectivity index (χ3n) is 2.69. The van der Waals surface area contributed by atoms with Crippen molar-refractivity contribution in [3.05, 3.63) is 51.1 Å². The van der Waals surface area contributed by atoms with E-state index >= 15 is 0 Å². The van der Waals surface area contributed by atoms with E-state index in [-0.39, 0.29) is 16.5 Å². The number of halogens is 2. The van der Waals surface area contributed by atoms with E-state index in [1.54, 1.807) is 12.1 Å². The normalized spacial score (nSPS) is 10.4. The number of carboxylic acid groups (broad SMARTS) is 1. The number of aryl methyl sites for hydroxylation is 2. The average molecular weight is 312 g/mol. The van der Waals surface area contributed by atoms with Gasteiger partial charge in [-0.25, -0.2) is 9.78 Å². The molecule has 0 unspecified atom stereocenters. The van der Waals surface area contributed by atoms with Gasteiger partial charge in [0.15, 0.2) is 0 Å². The van der Waals surface area contributed by atoms with Gasteiger partial charge in [-0.1, -0.05) is 23.2 Å². The summed E-state index contributed by atoms with van der Waals surface area (Å²) in [5.41, 5.74) is 1.62. The Balaban J connectivity index is 2.41. The number of hydrogen-bond acceptors (Lipinski definition) is 3. The van der Waals surface area contributed by atoms with Gasteiger partial charge in [0.05, 0.1) is 16.8 Å². The van der Waals surface area contributed by atoms with Gasteiger partial charge in [-0.15, -0.1) is 0 Å². The van der Waals surface area contributed by atoms with Crippen LogP contribution in [0.25, 0.3) is 0 Å². The van der Waals surface area contributed by atoms with Gasteiger partial charge in [-0.2, -0.15) is 0 Å². The van der Waals surface area contributed by atoms with E-state index in [4.69, 9.17) is 33.0 Å². The fourth-order valence-corrected chi connectivity index (χ4v) is 2.31. The smallest absolute Gasteiger partial charge is 0.337 e. The van der Waals surface area contributed by atoms with Crippen molar-refractivity contribution in [2.24, 2.45) is 0 Å². The van der Waals surface area contributed by atoms with E-state index in [1.165, 1.54) is 12.3 Å². The number of carboxylic acids is 1. The molecule has 20 heavy (non-hydrogen) atoms. The fourth-order valence-electron chi connectivity index (χ4n) is 1.80. The third kappa shape index (κ3) is 3.03. The van der Waals surface area contributed by atoms with E-state index in [9.17, 15) is 4.79 Å². The number of aromatic nitrogens is 1. The minimum atomic E-state index is -1.13. The second-order valence-electron chi connectivity index (χ2n) is 4.28. The molecule has 0 atom stereocenters. The van der Waals surface area contributed by atoms with Crippen molar-refractivity contribution in [2.45, 2.75) is 13.8 Å². The lowest BCUT2D eigenvalue weighted by molar-refractivity contribution is 0.0696. The van der Waals surface area contributed by atoms with Crippen molar-refractivity contribution < 1.29 is 14.6 Å². The van der Waals surface area contributed by atoms with Crippen LogP contribution in [0.15, 0.2) is 24.4 Å². The Morgan fingerprint density at radius 3 is 2.35 bits per heavy atom. The van der Waals surface area contributed by atoms with Crippen LogP contribution in [0.5, 0.6) is 11.6 Å². The summed E-state index contributed by atoms with van der Waals surface area (Å²) in [5, 5.41) is 9.69. The van der Waals surface area contributed by atoms with Gasteiger partial charge in [0.25, 0.3) is 0 Å². The molecule has 0 fully saturated rings. The first-order valence-corrected chi connectivity index (χ1v) is 6.47. The van der Waals surface area contributed by atoms with Crippen LogP contribution in [0.1, 0.15) is 21.5 Å². The highest BCUT2D eigenvalue weighted by atomic mass is 35.5. The van der Waals surface area contributed by atoms with Crippen LogP contribution in [0.2, 0.25) is 10.0 Å². The zero-order chi connectivity index (χ0) is 14.9. The highest BCUT2D eigenvalue weighted by Crippen LogP contribution is 2.31. The summed E-state index contributed by atoms with van der Waals surface area (Å²) in [6, 6.07) is 4.81. The fraction of sp³-hybridized carbons (Fsp3) is 0.143. The summed E-state index contributed by atoms with van der Waals surface area (Å²) in [7, 11) is 0. The van der Waals surface area contributed by atoms with Gasteiger partial charge in [0, 0.05) is 11.1 Å². The molecular formula is C14H11Cl2NO3. The van der Waals surface area contributed by atoms with E-state index in [2.05, 4.69) is 4.98 Å². The molecule has 1 aromatic carbocycles. The van der Waals surface area contributed by atoms with E-state index in [0.717, 1.165) is 11.1 Å². The number of benzene rings is 1. The maximum atomic E-state index is 11.0. The topological polar surface area (TPSA) is 59.4 Å². The number of nitrogens with zero attached hydrogens (tertiary/aromatic N) is 1. The molecule has 0 aliphatic heterocycles. The molecule has 0 saturated carbocycles. The molecule has 1 aromatic heterocycles. The Hall–Kier alpha value is -1.78. The number of rotatable bonds is 3. The number of pyridine rings is 1. The van der Waals surface area contributed by atoms with Crippen molar-refractivity contribution in [1.82, 2.24) is 4.98 Å². The first kappa shape index (κ1) is 14.6. The minimum Gasteiger partial charge on any atom is -0.478 e. The predicted molar refractivity (Wildman–Crippen MR) is 77.2 cm³/mol. The molecule has 2 rings (SSSR count). The van der Waals surface area contributed by atoms with Crippen LogP contribution in [0.4, 0.5) is 0 Å². The zero-order valence-electron chi connectivity index (χ0n) is 10.8. The number of aromatic carboxylic acids is 1. The van der Waals surface area contributed by atoms with E-state index < -0.39 is 5.97 Å². The highest BCUT2D eigenvalue weighted by molar-refractivity contribution is 6.33. The summed E-state index contributed by atoms with van der Waals surface area (Å²) in [6.07, 6.45) is 1.25. The third-order valence-corrected chi connectivity index (χ3v) is 3.21. The van der Waals surface area contributed by atoms with Crippen LogP contribution < -0.4 is 4.74 Å². The van der Waals surface area contributed by atoms with E-state index in [0.29, 0.717) is 10.8 Å². The zero-order valence-corrected chi connectivity index (χ0v) is 12.3. The van der Waals surface area contributed by atoms with Gasteiger partial charge < -0.3 is 9.84 Å². The molecule has 0 aliphatic carbocycles. The van der Waals surface area contributed by atoms with Gasteiger partial charge in [-0.05, 0) is 37.1 Å². The number of ether oxygens (including phenoxy) is 1. The summed E-state index contributed by atoms with van der Waals surface area (Å²) >= 11 is 11.7. The Bertz CT molecular complexity index is 663. The largest absolute Gasteiger partial charge is 0.478 e. The van der Waals surface area contributed by atoms with Crippen molar-refractivity contribution in [3.63, 3.8) is 0 Å². The number of hydrogen-bond donors (Lipinski definition) is 1. The van der Waals surface area contributed by atoms with Crippen molar-refractivity contribution >= 4 is 29.2 Å². The van der Waals surface area contributed by atoms with Crippen molar-refractivity contribution in [1.29, 1.82) is 0 Å². The lowest BCUT2D eigenvalue weighted by atomic mass is 10.1. The predicted octanol–water partition coefficient (Wildman–Crippen LogP) is 4.50. The summed E-state index contributed by atoms with van der Waals surface area (Å²) in [4.78, 5) is 15.0. The van der Waals surface area contributed by atoms with Crippen LogP contribution in [0.3, 0.4) is 0 Å². The van der Waals surface area contributed by atoms with Gasteiger partial charge in [-0.3, -0.25) is 0 Å². The maximum Gasteiger partial charge on any atom is 0.337 e. The van der Waals surface area contributed by atoms with Crippen molar-refractivity contribution in [3.8, 4) is 11.6 Å². The summed E-state index contributed by atoms with van der Waals surface area (Å²) < 4.78 is 5.65. The lowest BCUT2D eigenvalue weighted by Gasteiger charge is -2.12. The molecule has 104 valence electrons. The average Bonchev–Trinajstić information content (AvgIpc) is 2.35. The quantitative estimate of drug-likeness (QED) is 0.906. The number of carbonyl (C=O) groups is 1. The molecule has 0 bridgehead atoms. The molecule has 1 N–H and O–H groups in total. The van der Waals surface area contributed by atoms with Crippen LogP contribution in [-0.2, 0) is 0 Å². The lowest BCUT2D eigenvalue weighted by Crippen LogP contribution is -2.00. The maximum absolute atomic E-state index is 11.0. The van der Waals surface area contributed by atoms with Crippen LogP contribution in [-0.4, -0.2) is 16.1 Å². The highest BCUT2D eigenvalue weighted by Gasteiger charge is 2.13. The molecule has 0 saturated heterocycles. The van der Waals surface area contributed by atoms with Crippen molar-refractivity contribution in [2.75, 3.05) is 0 Å². The van der Waals surface area contributed by atoms with Gasteiger partial charge >= 0.3 is 5.97 Å². The van der Waals surface area contributed by atoms with E-state index in [1.807, 2.05) is 13.8 Å². The SMILES string of the molecule is Cc1cc(Cl)cc(C)c1Oc1cc(C(=O)O)c(Cl)cn1. The molecule has 1 heterocycles. The second-order valence-corrected chi connectivity index (χ2v) is 5.12. The summed E-state index contributed by atoms with van der Waals surface area (Å²) in [6.45, 7) is 3.70. The Kier molecular flexibility index (Phi) is 4.16. The molecule has 0 amide bonds. The van der Waals surface area contributed by atoms with Gasteiger partial charge in [0.1, 0.15) is 5.75 Å². The standard InChI is InChI=1S/C14H11Cl2NO3/c1-7-3-9(15)4-8(2)13(7)20-12-5-10(14(18)19)11(16)6-17-12/h3-6H,1-2H3,(H,18,19). The molecule has 2 aromatic rings. The molecule has 0 aliphatic rings. The molecule has 4 nitrogen and oxygen atoms in total. The Morgan fingerprint density at radius 2 is 1.80 bits per heavy atom. The van der Waals surface area contributed by atoms with Gasteiger partial charge in [0.2, 0.25) is 5.88 Å².